The van der Waals surface area contributed by atoms with E-state index in [0.717, 1.165) is 17.9 Å². The molecule has 1 amide bonds. The fourth-order valence-corrected chi connectivity index (χ4v) is 2.78. The van der Waals surface area contributed by atoms with Crippen molar-refractivity contribution >= 4 is 5.91 Å². The molecular formula is C20H21F2N3O3. The molecule has 1 aromatic carbocycles. The summed E-state index contributed by atoms with van der Waals surface area (Å²) in [5.74, 6) is -0.283. The summed E-state index contributed by atoms with van der Waals surface area (Å²) in [5.41, 5.74) is 0.122. The van der Waals surface area contributed by atoms with Crippen molar-refractivity contribution in [2.45, 2.75) is 18.9 Å². The van der Waals surface area contributed by atoms with E-state index in [1.807, 2.05) is 25.1 Å². The van der Waals surface area contributed by atoms with Gasteiger partial charge < -0.3 is 14.2 Å². The number of aromatic nitrogens is 1. The van der Waals surface area contributed by atoms with E-state index in [-0.39, 0.29) is 36.1 Å². The molecule has 1 atom stereocenters. The highest BCUT2D eigenvalue weighted by Gasteiger charge is 2.18. The summed E-state index contributed by atoms with van der Waals surface area (Å²) in [7, 11) is 3.81. The van der Waals surface area contributed by atoms with E-state index in [2.05, 4.69) is 10.3 Å². The number of oxazole rings is 1. The fourth-order valence-electron chi connectivity index (χ4n) is 2.78. The fraction of sp³-hybridized carbons (Fsp3) is 0.300. The summed E-state index contributed by atoms with van der Waals surface area (Å²) in [4.78, 5) is 18.2. The Balaban J connectivity index is 1.53. The number of rotatable bonds is 8. The molecule has 3 aromatic rings. The van der Waals surface area contributed by atoms with Crippen molar-refractivity contribution in [3.63, 3.8) is 0 Å². The number of nitrogens with one attached hydrogen (secondary N) is 1. The van der Waals surface area contributed by atoms with Gasteiger partial charge in [-0.3, -0.25) is 9.69 Å². The SMILES string of the molecule is CN(C)[C@H](CNC(=O)CCc1ncc(-c2ccc(F)cc2F)o1)c1ccco1. The maximum Gasteiger partial charge on any atom is 0.220 e. The molecule has 1 N–H and O–H groups in total. The van der Waals surface area contributed by atoms with Crippen molar-refractivity contribution in [2.75, 3.05) is 20.6 Å². The Bertz CT molecular complexity index is 923. The third-order valence-corrected chi connectivity index (χ3v) is 4.30. The molecule has 6 nitrogen and oxygen atoms in total. The van der Waals surface area contributed by atoms with Gasteiger partial charge in [0.2, 0.25) is 5.91 Å². The molecule has 0 radical (unpaired) electrons. The van der Waals surface area contributed by atoms with E-state index in [1.165, 1.54) is 12.3 Å². The summed E-state index contributed by atoms with van der Waals surface area (Å²) >= 11 is 0. The molecule has 2 aromatic heterocycles. The Kier molecular flexibility index (Phi) is 6.20. The monoisotopic (exact) mass is 389 g/mol. The zero-order chi connectivity index (χ0) is 20.1. The molecular weight excluding hydrogens is 368 g/mol. The summed E-state index contributed by atoms with van der Waals surface area (Å²) in [5, 5.41) is 2.86. The van der Waals surface area contributed by atoms with Crippen LogP contribution in [0.2, 0.25) is 0 Å². The first-order valence-corrected chi connectivity index (χ1v) is 8.80. The molecule has 0 unspecified atom stereocenters. The van der Waals surface area contributed by atoms with Gasteiger partial charge in [-0.2, -0.15) is 0 Å². The van der Waals surface area contributed by atoms with E-state index in [0.29, 0.717) is 12.4 Å². The molecule has 148 valence electrons. The molecule has 0 bridgehead atoms. The third kappa shape index (κ3) is 4.83. The predicted octanol–water partition coefficient (Wildman–Crippen LogP) is 3.56. The van der Waals surface area contributed by atoms with E-state index in [9.17, 15) is 13.6 Å². The van der Waals surface area contributed by atoms with Crippen LogP contribution in [0.15, 0.2) is 51.6 Å². The summed E-state index contributed by atoms with van der Waals surface area (Å²) in [6.45, 7) is 0.400. The van der Waals surface area contributed by atoms with Crippen LogP contribution in [0, 0.1) is 11.6 Å². The molecule has 0 saturated carbocycles. The lowest BCUT2D eigenvalue weighted by atomic mass is 10.2. The van der Waals surface area contributed by atoms with Crippen LogP contribution in [-0.2, 0) is 11.2 Å². The average Bonchev–Trinajstić information content (AvgIpc) is 3.32. The minimum atomic E-state index is -0.729. The lowest BCUT2D eigenvalue weighted by Crippen LogP contribution is -2.34. The topological polar surface area (TPSA) is 71.5 Å². The minimum absolute atomic E-state index is 0.0752. The second-order valence-corrected chi connectivity index (χ2v) is 6.54. The average molecular weight is 389 g/mol. The Labute approximate surface area is 161 Å². The number of furan rings is 1. The van der Waals surface area contributed by atoms with E-state index >= 15 is 0 Å². The van der Waals surface area contributed by atoms with Crippen LogP contribution in [0.3, 0.4) is 0 Å². The highest BCUT2D eigenvalue weighted by atomic mass is 19.1. The standard InChI is InChI=1S/C20H21F2N3O3/c1-25(2)16(17-4-3-9-27-17)11-23-19(26)7-8-20-24-12-18(28-20)14-6-5-13(21)10-15(14)22/h3-6,9-10,12,16H,7-8,11H2,1-2H3,(H,23,26)/t16-/m1/s1. The molecule has 28 heavy (non-hydrogen) atoms. The molecule has 0 spiro atoms. The largest absolute Gasteiger partial charge is 0.468 e. The highest BCUT2D eigenvalue weighted by Crippen LogP contribution is 2.24. The first-order chi connectivity index (χ1) is 13.4. The molecule has 0 aliphatic heterocycles. The van der Waals surface area contributed by atoms with Crippen LogP contribution in [0.4, 0.5) is 8.78 Å². The van der Waals surface area contributed by atoms with Crippen molar-refractivity contribution in [1.82, 2.24) is 15.2 Å². The third-order valence-electron chi connectivity index (χ3n) is 4.30. The number of carbonyl (C=O) groups excluding carboxylic acids is 1. The number of amides is 1. The van der Waals surface area contributed by atoms with Gasteiger partial charge in [0.25, 0.3) is 0 Å². The van der Waals surface area contributed by atoms with Crippen molar-refractivity contribution in [3.8, 4) is 11.3 Å². The van der Waals surface area contributed by atoms with Crippen LogP contribution in [0.25, 0.3) is 11.3 Å². The minimum Gasteiger partial charge on any atom is -0.468 e. The lowest BCUT2D eigenvalue weighted by molar-refractivity contribution is -0.121. The van der Waals surface area contributed by atoms with E-state index in [1.54, 1.807) is 12.3 Å². The Morgan fingerprint density at radius 1 is 1.29 bits per heavy atom. The van der Waals surface area contributed by atoms with Crippen molar-refractivity contribution in [1.29, 1.82) is 0 Å². The molecule has 0 aliphatic rings. The van der Waals surface area contributed by atoms with Gasteiger partial charge in [-0.1, -0.05) is 0 Å². The van der Waals surface area contributed by atoms with Crippen LogP contribution >= 0.6 is 0 Å². The van der Waals surface area contributed by atoms with Gasteiger partial charge in [-0.05, 0) is 38.4 Å². The van der Waals surface area contributed by atoms with Gasteiger partial charge in [-0.15, -0.1) is 0 Å². The Hall–Kier alpha value is -3.00. The first kappa shape index (κ1) is 19.8. The number of benzene rings is 1. The number of halogens is 2. The number of hydrogen-bond donors (Lipinski definition) is 1. The van der Waals surface area contributed by atoms with Gasteiger partial charge in [0.15, 0.2) is 11.7 Å². The van der Waals surface area contributed by atoms with E-state index in [4.69, 9.17) is 8.83 Å². The molecule has 0 fully saturated rings. The van der Waals surface area contributed by atoms with E-state index < -0.39 is 11.6 Å². The van der Waals surface area contributed by atoms with Gasteiger partial charge in [0.1, 0.15) is 17.4 Å². The maximum atomic E-state index is 13.8. The molecule has 0 saturated heterocycles. The molecule has 2 heterocycles. The number of aryl methyl sites for hydroxylation is 1. The zero-order valence-electron chi connectivity index (χ0n) is 15.6. The highest BCUT2D eigenvalue weighted by molar-refractivity contribution is 5.76. The number of carbonyl (C=O) groups is 1. The molecule has 0 aliphatic carbocycles. The van der Waals surface area contributed by atoms with Crippen LogP contribution < -0.4 is 5.32 Å². The van der Waals surface area contributed by atoms with Crippen molar-refractivity contribution < 1.29 is 22.4 Å². The first-order valence-electron chi connectivity index (χ1n) is 8.80. The smallest absolute Gasteiger partial charge is 0.220 e. The zero-order valence-corrected chi connectivity index (χ0v) is 15.6. The summed E-state index contributed by atoms with van der Waals surface area (Å²) in [6.07, 6.45) is 3.40. The molecule has 8 heteroatoms. The quantitative estimate of drug-likeness (QED) is 0.638. The van der Waals surface area contributed by atoms with Gasteiger partial charge in [-0.25, -0.2) is 13.8 Å². The number of likely N-dealkylation sites (N-methyl/N-ethyl adjacent to an activating group) is 1. The van der Waals surface area contributed by atoms with Crippen LogP contribution in [0.1, 0.15) is 24.1 Å². The van der Waals surface area contributed by atoms with Gasteiger partial charge in [0, 0.05) is 25.5 Å². The van der Waals surface area contributed by atoms with Gasteiger partial charge in [0.05, 0.1) is 24.1 Å². The van der Waals surface area contributed by atoms with Crippen LogP contribution in [-0.4, -0.2) is 36.4 Å². The second-order valence-electron chi connectivity index (χ2n) is 6.54. The number of nitrogens with zero attached hydrogens (tertiary/aromatic N) is 2. The lowest BCUT2D eigenvalue weighted by Gasteiger charge is -2.22. The second kappa shape index (κ2) is 8.79. The Morgan fingerprint density at radius 2 is 2.11 bits per heavy atom. The van der Waals surface area contributed by atoms with Crippen molar-refractivity contribution in [2.24, 2.45) is 0 Å². The van der Waals surface area contributed by atoms with Gasteiger partial charge >= 0.3 is 0 Å². The maximum absolute atomic E-state index is 13.8. The molecule has 3 rings (SSSR count). The van der Waals surface area contributed by atoms with Crippen molar-refractivity contribution in [3.05, 3.63) is 66.1 Å². The van der Waals surface area contributed by atoms with Crippen LogP contribution in [0.5, 0.6) is 0 Å². The predicted molar refractivity (Wildman–Crippen MR) is 98.3 cm³/mol. The summed E-state index contributed by atoms with van der Waals surface area (Å²) < 4.78 is 37.7. The number of hydrogen-bond acceptors (Lipinski definition) is 5. The normalized spacial score (nSPS) is 12.3. The Morgan fingerprint density at radius 3 is 2.79 bits per heavy atom. The summed E-state index contributed by atoms with van der Waals surface area (Å²) in [6, 6.07) is 6.81.